The van der Waals surface area contributed by atoms with Crippen molar-refractivity contribution in [3.63, 3.8) is 0 Å². The molecule has 0 bridgehead atoms. The van der Waals surface area contributed by atoms with Crippen LogP contribution in [0.4, 0.5) is 0 Å². The van der Waals surface area contributed by atoms with Gasteiger partial charge >= 0.3 is 11.9 Å². The number of ether oxygens (including phenoxy) is 1. The van der Waals surface area contributed by atoms with Gasteiger partial charge < -0.3 is 14.9 Å². The van der Waals surface area contributed by atoms with E-state index >= 15 is 0 Å². The zero-order chi connectivity index (χ0) is 18.6. The average Bonchev–Trinajstić information content (AvgIpc) is 2.57. The highest BCUT2D eigenvalue weighted by Crippen LogP contribution is 2.17. The van der Waals surface area contributed by atoms with Crippen LogP contribution in [0.3, 0.4) is 0 Å². The maximum absolute atomic E-state index is 12.0. The van der Waals surface area contributed by atoms with Crippen molar-refractivity contribution in [1.29, 1.82) is 5.26 Å². The molecule has 0 spiro atoms. The molecule has 0 saturated heterocycles. The van der Waals surface area contributed by atoms with Gasteiger partial charge in [0.1, 0.15) is 18.2 Å². The Kier molecular flexibility index (Phi) is 5.19. The number of aryl methyl sites for hydroxylation is 1. The van der Waals surface area contributed by atoms with Crippen LogP contribution < -0.4 is 5.56 Å². The molecule has 0 aliphatic carbocycles. The van der Waals surface area contributed by atoms with E-state index in [0.29, 0.717) is 5.56 Å². The van der Waals surface area contributed by atoms with Gasteiger partial charge in [-0.15, -0.1) is 0 Å². The number of hydrogen-bond donors (Lipinski definition) is 2. The summed E-state index contributed by atoms with van der Waals surface area (Å²) in [6, 6.07) is 8.55. The Morgan fingerprint density at radius 2 is 1.92 bits per heavy atom. The third-order valence-corrected chi connectivity index (χ3v) is 3.52. The maximum atomic E-state index is 12.0. The number of rotatable bonds is 5. The van der Waals surface area contributed by atoms with E-state index < -0.39 is 23.4 Å². The Hall–Kier alpha value is -3.60. The van der Waals surface area contributed by atoms with Crippen LogP contribution in [0.15, 0.2) is 35.1 Å². The predicted molar refractivity (Wildman–Crippen MR) is 85.5 cm³/mol. The normalized spacial score (nSPS) is 10.1. The number of esters is 1. The highest BCUT2D eigenvalue weighted by Gasteiger charge is 2.17. The van der Waals surface area contributed by atoms with Crippen molar-refractivity contribution >= 4 is 11.9 Å². The van der Waals surface area contributed by atoms with Crippen LogP contribution in [0.2, 0.25) is 0 Å². The van der Waals surface area contributed by atoms with E-state index in [9.17, 15) is 19.5 Å². The Labute approximate surface area is 142 Å². The molecule has 0 unspecified atom stereocenters. The number of carbonyl (C=O) groups excluding carboxylic acids is 1. The van der Waals surface area contributed by atoms with Crippen molar-refractivity contribution in [3.05, 3.63) is 62.9 Å². The van der Waals surface area contributed by atoms with E-state index in [1.165, 1.54) is 37.3 Å². The topological polar surface area (TPSA) is 130 Å². The molecule has 25 heavy (non-hydrogen) atoms. The number of carboxylic acids is 1. The van der Waals surface area contributed by atoms with Crippen LogP contribution in [0, 0.1) is 18.3 Å². The molecule has 8 heteroatoms. The number of pyridine rings is 1. The summed E-state index contributed by atoms with van der Waals surface area (Å²) in [4.78, 5) is 35.0. The zero-order valence-electron chi connectivity index (χ0n) is 13.2. The van der Waals surface area contributed by atoms with Gasteiger partial charge in [-0.05, 0) is 24.6 Å². The van der Waals surface area contributed by atoms with Gasteiger partial charge in [0, 0.05) is 6.07 Å². The van der Waals surface area contributed by atoms with Gasteiger partial charge in [0.15, 0.2) is 0 Å². The summed E-state index contributed by atoms with van der Waals surface area (Å²) < 4.78 is 5.89. The first-order valence-corrected chi connectivity index (χ1v) is 7.19. The molecule has 0 atom stereocenters. The number of aromatic carboxylic acids is 1. The van der Waals surface area contributed by atoms with Crippen molar-refractivity contribution in [2.24, 2.45) is 0 Å². The van der Waals surface area contributed by atoms with Crippen molar-refractivity contribution in [3.8, 4) is 11.9 Å². The van der Waals surface area contributed by atoms with Crippen LogP contribution in [0.5, 0.6) is 5.88 Å². The number of aromatic nitrogens is 1. The Morgan fingerprint density at radius 1 is 1.28 bits per heavy atom. The number of hydrogen-bond acceptors (Lipinski definition) is 6. The van der Waals surface area contributed by atoms with Gasteiger partial charge in [0.2, 0.25) is 5.88 Å². The molecule has 0 fully saturated rings. The number of carbonyl (C=O) groups is 2. The van der Waals surface area contributed by atoms with E-state index in [1.807, 2.05) is 0 Å². The summed E-state index contributed by atoms with van der Waals surface area (Å²) in [6.07, 6.45) is 0. The third kappa shape index (κ3) is 3.67. The van der Waals surface area contributed by atoms with E-state index in [4.69, 9.17) is 15.1 Å². The van der Waals surface area contributed by atoms with E-state index in [2.05, 4.69) is 0 Å². The summed E-state index contributed by atoms with van der Waals surface area (Å²) in [5.41, 5.74) is -0.561. The molecule has 1 aromatic heterocycles. The fourth-order valence-electron chi connectivity index (χ4n) is 2.26. The lowest BCUT2D eigenvalue weighted by Gasteiger charge is -2.12. The van der Waals surface area contributed by atoms with Crippen LogP contribution >= 0.6 is 0 Å². The summed E-state index contributed by atoms with van der Waals surface area (Å²) in [5.74, 6) is -2.63. The second-order valence-corrected chi connectivity index (χ2v) is 5.11. The van der Waals surface area contributed by atoms with Gasteiger partial charge in [0.05, 0.1) is 17.7 Å². The molecule has 0 saturated carbocycles. The molecule has 0 aliphatic heterocycles. The third-order valence-electron chi connectivity index (χ3n) is 3.52. The molecule has 2 aromatic rings. The number of nitrogens with zero attached hydrogens (tertiary/aromatic N) is 2. The maximum Gasteiger partial charge on any atom is 0.339 e. The second-order valence-electron chi connectivity index (χ2n) is 5.11. The van der Waals surface area contributed by atoms with Gasteiger partial charge in [-0.2, -0.15) is 5.26 Å². The molecule has 8 nitrogen and oxygen atoms in total. The highest BCUT2D eigenvalue weighted by atomic mass is 16.5. The summed E-state index contributed by atoms with van der Waals surface area (Å²) >= 11 is 0. The Bertz CT molecular complexity index is 939. The molecule has 2 N–H and O–H groups in total. The molecule has 1 heterocycles. The number of aromatic hydroxyl groups is 1. The number of nitriles is 1. The minimum atomic E-state index is -1.27. The standard InChI is InChI=1S/C17H14N2O6/c1-10-8-14(20)19(15(21)13(10)9-18)6-7-25-17(24)12-5-3-2-4-11(12)16(22)23/h2-5,8,21H,6-7H2,1H3,(H,22,23). The smallest absolute Gasteiger partial charge is 0.339 e. The minimum Gasteiger partial charge on any atom is -0.493 e. The number of benzene rings is 1. The van der Waals surface area contributed by atoms with Crippen molar-refractivity contribution in [1.82, 2.24) is 4.57 Å². The summed E-state index contributed by atoms with van der Waals surface area (Å²) in [6.45, 7) is 1.06. The summed E-state index contributed by atoms with van der Waals surface area (Å²) in [5, 5.41) is 28.0. The number of carboxylic acid groups (broad SMARTS) is 1. The first-order valence-electron chi connectivity index (χ1n) is 7.19. The van der Waals surface area contributed by atoms with Crippen LogP contribution in [-0.4, -0.2) is 33.3 Å². The molecule has 1 aromatic carbocycles. The first kappa shape index (κ1) is 17.7. The Balaban J connectivity index is 2.15. The average molecular weight is 342 g/mol. The van der Waals surface area contributed by atoms with E-state index in [0.717, 1.165) is 4.57 Å². The second kappa shape index (κ2) is 7.31. The quantitative estimate of drug-likeness (QED) is 0.783. The zero-order valence-corrected chi connectivity index (χ0v) is 13.2. The van der Waals surface area contributed by atoms with Crippen LogP contribution in [0.1, 0.15) is 31.8 Å². The van der Waals surface area contributed by atoms with Gasteiger partial charge in [-0.3, -0.25) is 9.36 Å². The molecular weight excluding hydrogens is 328 g/mol. The lowest BCUT2D eigenvalue weighted by atomic mass is 10.1. The Morgan fingerprint density at radius 3 is 2.52 bits per heavy atom. The first-order chi connectivity index (χ1) is 11.9. The van der Waals surface area contributed by atoms with Crippen molar-refractivity contribution in [2.75, 3.05) is 6.61 Å². The largest absolute Gasteiger partial charge is 0.493 e. The fraction of sp³-hybridized carbons (Fsp3) is 0.176. The van der Waals surface area contributed by atoms with Crippen molar-refractivity contribution < 1.29 is 24.5 Å². The SMILES string of the molecule is Cc1cc(=O)n(CCOC(=O)c2ccccc2C(=O)O)c(O)c1C#N. The molecular formula is C17H14N2O6. The van der Waals surface area contributed by atoms with Gasteiger partial charge in [-0.1, -0.05) is 12.1 Å². The fourth-order valence-corrected chi connectivity index (χ4v) is 2.26. The molecule has 0 aliphatic rings. The highest BCUT2D eigenvalue weighted by molar-refractivity contribution is 6.02. The van der Waals surface area contributed by atoms with Gasteiger partial charge in [0.25, 0.3) is 5.56 Å². The predicted octanol–water partition coefficient (Wildman–Crippen LogP) is 1.29. The molecule has 2 rings (SSSR count). The molecule has 0 radical (unpaired) electrons. The van der Waals surface area contributed by atoms with Crippen molar-refractivity contribution in [2.45, 2.75) is 13.5 Å². The van der Waals surface area contributed by atoms with E-state index in [1.54, 1.807) is 6.07 Å². The summed E-state index contributed by atoms with van der Waals surface area (Å²) in [7, 11) is 0. The molecule has 0 amide bonds. The van der Waals surface area contributed by atoms with Crippen LogP contribution in [0.25, 0.3) is 0 Å². The lowest BCUT2D eigenvalue weighted by molar-refractivity contribution is 0.0477. The lowest BCUT2D eigenvalue weighted by Crippen LogP contribution is -2.24. The van der Waals surface area contributed by atoms with Crippen LogP contribution in [-0.2, 0) is 11.3 Å². The monoisotopic (exact) mass is 342 g/mol. The molecule has 128 valence electrons. The van der Waals surface area contributed by atoms with E-state index in [-0.39, 0.29) is 29.8 Å². The minimum absolute atomic E-state index is 0.0397. The van der Waals surface area contributed by atoms with Gasteiger partial charge in [-0.25, -0.2) is 9.59 Å².